The Morgan fingerprint density at radius 2 is 2.29 bits per heavy atom. The van der Waals surface area contributed by atoms with Gasteiger partial charge in [-0.1, -0.05) is 18.5 Å². The molecule has 2 aromatic heterocycles. The molecule has 1 unspecified atom stereocenters. The number of rotatable bonds is 4. The maximum Gasteiger partial charge on any atom is 0.129 e. The summed E-state index contributed by atoms with van der Waals surface area (Å²) in [5.41, 5.74) is 7.14. The van der Waals surface area contributed by atoms with Crippen molar-refractivity contribution in [3.05, 3.63) is 41.2 Å². The summed E-state index contributed by atoms with van der Waals surface area (Å²) < 4.78 is 3.95. The van der Waals surface area contributed by atoms with Crippen LogP contribution < -0.4 is 5.73 Å². The van der Waals surface area contributed by atoms with Crippen LogP contribution in [0.3, 0.4) is 0 Å². The van der Waals surface area contributed by atoms with Crippen molar-refractivity contribution in [1.29, 1.82) is 0 Å². The Hall–Kier alpha value is -1.26. The number of halogens is 1. The summed E-state index contributed by atoms with van der Waals surface area (Å²) in [6.07, 6.45) is 6.70. The van der Waals surface area contributed by atoms with Crippen molar-refractivity contribution in [2.24, 2.45) is 12.8 Å². The second-order valence-electron chi connectivity index (χ2n) is 4.19. The van der Waals surface area contributed by atoms with Crippen molar-refractivity contribution < 1.29 is 0 Å². The van der Waals surface area contributed by atoms with Crippen molar-refractivity contribution in [3.8, 4) is 0 Å². The molecule has 0 aromatic carbocycles. The van der Waals surface area contributed by atoms with Gasteiger partial charge >= 0.3 is 0 Å². The van der Waals surface area contributed by atoms with E-state index in [0.29, 0.717) is 11.7 Å². The van der Waals surface area contributed by atoms with Crippen LogP contribution in [0.1, 0.15) is 30.8 Å². The maximum absolute atomic E-state index is 5.98. The Morgan fingerprint density at radius 3 is 2.88 bits per heavy atom. The summed E-state index contributed by atoms with van der Waals surface area (Å²) >= 11 is 5.94. The van der Waals surface area contributed by atoms with Gasteiger partial charge in [-0.05, 0) is 18.1 Å². The van der Waals surface area contributed by atoms with E-state index >= 15 is 0 Å². The van der Waals surface area contributed by atoms with E-state index in [0.717, 1.165) is 17.8 Å². The Morgan fingerprint density at radius 1 is 1.53 bits per heavy atom. The highest BCUT2D eigenvalue weighted by Gasteiger charge is 2.08. The molecule has 2 rings (SSSR count). The number of hydrogen-bond acceptors (Lipinski definition) is 2. The summed E-state index contributed by atoms with van der Waals surface area (Å²) in [6, 6.07) is 2.17. The Labute approximate surface area is 106 Å². The van der Waals surface area contributed by atoms with Gasteiger partial charge in [0.05, 0.1) is 12.7 Å². The molecule has 0 spiro atoms. The molecule has 0 bridgehead atoms. The first-order chi connectivity index (χ1) is 8.11. The van der Waals surface area contributed by atoms with Crippen molar-refractivity contribution in [3.63, 3.8) is 0 Å². The van der Waals surface area contributed by atoms with Crippen LogP contribution in [0.4, 0.5) is 0 Å². The summed E-state index contributed by atoms with van der Waals surface area (Å²) in [6.45, 7) is 2.79. The van der Waals surface area contributed by atoms with E-state index in [1.165, 1.54) is 0 Å². The smallest absolute Gasteiger partial charge is 0.129 e. The van der Waals surface area contributed by atoms with Gasteiger partial charge in [0.25, 0.3) is 0 Å². The summed E-state index contributed by atoms with van der Waals surface area (Å²) in [7, 11) is 1.91. The lowest BCUT2D eigenvalue weighted by Crippen LogP contribution is -2.08. The fourth-order valence-corrected chi connectivity index (χ4v) is 1.89. The molecule has 2 aromatic rings. The summed E-state index contributed by atoms with van der Waals surface area (Å²) in [5.74, 6) is 0.933. The molecule has 2 heterocycles. The van der Waals surface area contributed by atoms with Crippen LogP contribution in [0.15, 0.2) is 24.7 Å². The van der Waals surface area contributed by atoms with E-state index in [2.05, 4.69) is 28.7 Å². The van der Waals surface area contributed by atoms with E-state index in [1.807, 2.05) is 17.8 Å². The molecule has 0 radical (unpaired) electrons. The number of imidazole rings is 1. The monoisotopic (exact) mass is 252 g/mol. The molecule has 0 amide bonds. The largest absolute Gasteiger partial charge is 0.346 e. The van der Waals surface area contributed by atoms with Gasteiger partial charge < -0.3 is 14.9 Å². The molecule has 4 nitrogen and oxygen atoms in total. The van der Waals surface area contributed by atoms with Crippen LogP contribution in [-0.4, -0.2) is 14.1 Å². The molecule has 0 aliphatic rings. The average Bonchev–Trinajstić information content (AvgIpc) is 2.91. The molecular formula is C12H17ClN4. The topological polar surface area (TPSA) is 48.8 Å². The highest BCUT2D eigenvalue weighted by atomic mass is 35.5. The molecule has 17 heavy (non-hydrogen) atoms. The predicted octanol–water partition coefficient (Wildman–Crippen LogP) is 2.33. The van der Waals surface area contributed by atoms with Gasteiger partial charge in [0.2, 0.25) is 0 Å². The second-order valence-corrected chi connectivity index (χ2v) is 4.58. The van der Waals surface area contributed by atoms with Crippen LogP contribution in [-0.2, 0) is 13.6 Å². The van der Waals surface area contributed by atoms with Crippen molar-refractivity contribution >= 4 is 11.6 Å². The minimum Gasteiger partial charge on any atom is -0.346 e. The van der Waals surface area contributed by atoms with E-state index in [9.17, 15) is 0 Å². The van der Waals surface area contributed by atoms with Crippen LogP contribution >= 0.6 is 11.6 Å². The van der Waals surface area contributed by atoms with Gasteiger partial charge in [-0.3, -0.25) is 0 Å². The zero-order valence-corrected chi connectivity index (χ0v) is 10.9. The number of nitrogens with two attached hydrogens (primary N) is 1. The minimum atomic E-state index is 0.112. The highest BCUT2D eigenvalue weighted by Crippen LogP contribution is 2.15. The molecule has 2 N–H and O–H groups in total. The lowest BCUT2D eigenvalue weighted by atomic mass is 10.1. The standard InChI is InChI=1S/C12H17ClN4/c1-3-10(14)9-4-5-17(7-9)8-12-15-6-11(13)16(12)2/h4-7,10H,3,8,14H2,1-2H3. The second kappa shape index (κ2) is 4.94. The quantitative estimate of drug-likeness (QED) is 0.908. The number of nitrogens with zero attached hydrogens (tertiary/aromatic N) is 3. The van der Waals surface area contributed by atoms with E-state index in [-0.39, 0.29) is 6.04 Å². The summed E-state index contributed by atoms with van der Waals surface area (Å²) in [5, 5.41) is 0.651. The first-order valence-corrected chi connectivity index (χ1v) is 6.07. The van der Waals surface area contributed by atoms with E-state index in [1.54, 1.807) is 6.20 Å². The molecule has 5 heteroatoms. The average molecular weight is 253 g/mol. The van der Waals surface area contributed by atoms with Crippen LogP contribution in [0.5, 0.6) is 0 Å². The zero-order chi connectivity index (χ0) is 12.4. The van der Waals surface area contributed by atoms with Gasteiger partial charge in [0.15, 0.2) is 0 Å². The maximum atomic E-state index is 5.98. The molecular weight excluding hydrogens is 236 g/mol. The normalized spacial score (nSPS) is 12.9. The third-order valence-corrected chi connectivity index (χ3v) is 3.34. The summed E-state index contributed by atoms with van der Waals surface area (Å²) in [4.78, 5) is 4.26. The molecule has 0 saturated heterocycles. The van der Waals surface area contributed by atoms with E-state index < -0.39 is 0 Å². The fourth-order valence-electron chi connectivity index (χ4n) is 1.75. The molecule has 92 valence electrons. The molecule has 0 saturated carbocycles. The van der Waals surface area contributed by atoms with E-state index in [4.69, 9.17) is 17.3 Å². The Balaban J connectivity index is 2.14. The Kier molecular flexibility index (Phi) is 3.54. The van der Waals surface area contributed by atoms with Crippen LogP contribution in [0.2, 0.25) is 5.15 Å². The number of aromatic nitrogens is 3. The lowest BCUT2D eigenvalue weighted by molar-refractivity contribution is 0.678. The molecule has 0 fully saturated rings. The SMILES string of the molecule is CCC(N)c1ccn(Cc2ncc(Cl)n2C)c1. The lowest BCUT2D eigenvalue weighted by Gasteiger charge is -2.06. The molecule has 1 atom stereocenters. The van der Waals surface area contributed by atoms with Crippen molar-refractivity contribution in [2.45, 2.75) is 25.9 Å². The van der Waals surface area contributed by atoms with Gasteiger partial charge in [0, 0.05) is 25.5 Å². The minimum absolute atomic E-state index is 0.112. The van der Waals surface area contributed by atoms with Crippen molar-refractivity contribution in [2.75, 3.05) is 0 Å². The highest BCUT2D eigenvalue weighted by molar-refractivity contribution is 6.29. The first kappa shape index (κ1) is 12.2. The van der Waals surface area contributed by atoms with Gasteiger partial charge in [-0.25, -0.2) is 4.98 Å². The number of hydrogen-bond donors (Lipinski definition) is 1. The van der Waals surface area contributed by atoms with Gasteiger partial charge in [0.1, 0.15) is 11.0 Å². The first-order valence-electron chi connectivity index (χ1n) is 5.69. The predicted molar refractivity (Wildman–Crippen MR) is 69.0 cm³/mol. The van der Waals surface area contributed by atoms with Crippen LogP contribution in [0, 0.1) is 0 Å². The third-order valence-electron chi connectivity index (χ3n) is 2.99. The molecule has 0 aliphatic carbocycles. The fraction of sp³-hybridized carbons (Fsp3) is 0.417. The van der Waals surface area contributed by atoms with Gasteiger partial charge in [-0.15, -0.1) is 0 Å². The Bertz CT molecular complexity index is 500. The van der Waals surface area contributed by atoms with Crippen LogP contribution in [0.25, 0.3) is 0 Å². The van der Waals surface area contributed by atoms with Gasteiger partial charge in [-0.2, -0.15) is 0 Å². The third kappa shape index (κ3) is 2.53. The zero-order valence-electron chi connectivity index (χ0n) is 10.1. The van der Waals surface area contributed by atoms with Crippen molar-refractivity contribution in [1.82, 2.24) is 14.1 Å². The molecule has 0 aliphatic heterocycles.